The quantitative estimate of drug-likeness (QED) is 0.122. The number of unbranched alkanes of at least 4 members (excludes halogenated alkanes) is 3. The monoisotopic (exact) mass is 784 g/mol. The minimum atomic E-state index is -4.55. The first-order valence-corrected chi connectivity index (χ1v) is 19.6. The van der Waals surface area contributed by atoms with Gasteiger partial charge in [0.15, 0.2) is 0 Å². The van der Waals surface area contributed by atoms with Gasteiger partial charge < -0.3 is 31.3 Å². The summed E-state index contributed by atoms with van der Waals surface area (Å²) in [6, 6.07) is 8.30. The molecule has 0 radical (unpaired) electrons. The molecule has 298 valence electrons. The van der Waals surface area contributed by atoms with Gasteiger partial charge in [-0.05, 0) is 73.0 Å². The first-order valence-electron chi connectivity index (χ1n) is 18.7. The van der Waals surface area contributed by atoms with Gasteiger partial charge in [-0.25, -0.2) is 4.98 Å². The van der Waals surface area contributed by atoms with Gasteiger partial charge in [-0.2, -0.15) is 13.2 Å². The van der Waals surface area contributed by atoms with Gasteiger partial charge in [0.05, 0.1) is 33.8 Å². The third kappa shape index (κ3) is 10.5. The van der Waals surface area contributed by atoms with Crippen LogP contribution in [-0.4, -0.2) is 69.9 Å². The van der Waals surface area contributed by atoms with E-state index in [4.69, 9.17) is 0 Å². The Labute approximate surface area is 323 Å². The molecule has 2 aliphatic rings. The Morgan fingerprint density at radius 1 is 1.05 bits per heavy atom. The molecule has 1 unspecified atom stereocenters. The van der Waals surface area contributed by atoms with Crippen molar-refractivity contribution in [2.24, 2.45) is 5.41 Å². The van der Waals surface area contributed by atoms with E-state index in [2.05, 4.69) is 26.3 Å². The van der Waals surface area contributed by atoms with E-state index in [-0.39, 0.29) is 61.5 Å². The normalized spacial score (nSPS) is 18.1. The predicted molar refractivity (Wildman–Crippen MR) is 204 cm³/mol. The van der Waals surface area contributed by atoms with E-state index >= 15 is 0 Å². The van der Waals surface area contributed by atoms with Crippen LogP contribution in [0.1, 0.15) is 111 Å². The van der Waals surface area contributed by atoms with Gasteiger partial charge in [-0.15, -0.1) is 11.3 Å². The van der Waals surface area contributed by atoms with E-state index < -0.39 is 47.2 Å². The maximum atomic E-state index is 14.0. The second-order valence-electron chi connectivity index (χ2n) is 15.6. The molecule has 4 amide bonds. The van der Waals surface area contributed by atoms with Crippen LogP contribution in [0.3, 0.4) is 0 Å². The average Bonchev–Trinajstić information content (AvgIpc) is 3.84. The summed E-state index contributed by atoms with van der Waals surface area (Å²) in [5.74, 6) is -1.59. The van der Waals surface area contributed by atoms with Crippen molar-refractivity contribution in [3.8, 4) is 10.4 Å². The fourth-order valence-electron chi connectivity index (χ4n) is 7.11. The number of hydrogen-bond acceptors (Lipinski definition) is 8. The molecule has 0 saturated carbocycles. The van der Waals surface area contributed by atoms with Crippen molar-refractivity contribution < 1.29 is 37.5 Å². The zero-order chi connectivity index (χ0) is 40.1. The first-order chi connectivity index (χ1) is 25.9. The maximum Gasteiger partial charge on any atom is 0.416 e. The van der Waals surface area contributed by atoms with Crippen LogP contribution in [-0.2, 0) is 33.6 Å². The number of likely N-dealkylation sites (tertiary alicyclic amines) is 1. The Bertz CT molecular complexity index is 1860. The number of carbonyl (C=O) groups is 4. The minimum Gasteiger partial charge on any atom is -0.391 e. The number of aryl methyl sites for hydroxylation is 1. The number of β-amino-alcohol motifs (C(OH)–C–C–N with tert-alkyl or cyclic N) is 1. The van der Waals surface area contributed by atoms with Crippen molar-refractivity contribution >= 4 is 35.0 Å². The summed E-state index contributed by atoms with van der Waals surface area (Å²) < 4.78 is 40.7. The van der Waals surface area contributed by atoms with Crippen LogP contribution >= 0.6 is 11.3 Å². The van der Waals surface area contributed by atoms with E-state index in [0.29, 0.717) is 18.5 Å². The van der Waals surface area contributed by atoms with Gasteiger partial charge in [0, 0.05) is 38.0 Å². The van der Waals surface area contributed by atoms with Crippen LogP contribution in [0.2, 0.25) is 0 Å². The van der Waals surface area contributed by atoms with Crippen LogP contribution in [0.4, 0.5) is 13.2 Å². The van der Waals surface area contributed by atoms with Crippen LogP contribution < -0.4 is 21.3 Å². The number of benzene rings is 2. The number of rotatable bonds is 15. The average molecular weight is 785 g/mol. The second-order valence-corrected chi connectivity index (χ2v) is 16.4. The number of carbonyl (C=O) groups excluding carboxylic acids is 4. The third-order valence-electron chi connectivity index (χ3n) is 10.2. The lowest BCUT2D eigenvalue weighted by Crippen LogP contribution is -2.57. The summed E-state index contributed by atoms with van der Waals surface area (Å²) in [5.41, 5.74) is 3.65. The van der Waals surface area contributed by atoms with Gasteiger partial charge in [0.1, 0.15) is 12.1 Å². The number of fused-ring (bicyclic) bond motifs is 1. The molecule has 0 aliphatic carbocycles. The minimum absolute atomic E-state index is 0.0170. The number of aliphatic hydroxyl groups excluding tert-OH is 1. The number of nitrogens with zero attached hydrogens (tertiary/aromatic N) is 2. The van der Waals surface area contributed by atoms with Crippen molar-refractivity contribution in [1.82, 2.24) is 31.2 Å². The Kier molecular flexibility index (Phi) is 13.4. The molecule has 2 aromatic carbocycles. The van der Waals surface area contributed by atoms with Crippen molar-refractivity contribution in [2.75, 3.05) is 13.1 Å². The van der Waals surface area contributed by atoms with Crippen molar-refractivity contribution in [3.05, 3.63) is 75.4 Å². The molecule has 5 N–H and O–H groups in total. The van der Waals surface area contributed by atoms with Crippen LogP contribution in [0, 0.1) is 12.3 Å². The molecule has 11 nitrogen and oxygen atoms in total. The van der Waals surface area contributed by atoms with E-state index in [1.54, 1.807) is 16.8 Å². The molecular weight excluding hydrogens is 734 g/mol. The summed E-state index contributed by atoms with van der Waals surface area (Å²) in [6.07, 6.45) is -2.34. The number of thiazole rings is 1. The summed E-state index contributed by atoms with van der Waals surface area (Å²) in [6.45, 7) is 9.93. The van der Waals surface area contributed by atoms with E-state index in [0.717, 1.165) is 47.0 Å². The molecule has 2 aliphatic heterocycles. The fourth-order valence-corrected chi connectivity index (χ4v) is 7.93. The number of nitrogens with one attached hydrogen (secondary N) is 4. The van der Waals surface area contributed by atoms with Gasteiger partial charge in [0.2, 0.25) is 17.7 Å². The fraction of sp³-hybridized carbons (Fsp3) is 0.525. The number of amides is 4. The number of alkyl halides is 3. The number of halogens is 3. The molecule has 55 heavy (non-hydrogen) atoms. The SMILES string of the molecule is Cc1ncsc1-c1ccc([C@H](C)NC(=O)[C@@H]2C[C@@H](O)CN2C(=O)C(NC(=O)CCCCCCNCc2cc3c(c(C(F)(F)F)c2)CNC3=O)C(C)(C)C)cc1. The van der Waals surface area contributed by atoms with Gasteiger partial charge in [0.25, 0.3) is 5.91 Å². The lowest BCUT2D eigenvalue weighted by atomic mass is 9.85. The largest absolute Gasteiger partial charge is 0.416 e. The first kappa shape index (κ1) is 41.8. The highest BCUT2D eigenvalue weighted by molar-refractivity contribution is 7.13. The smallest absolute Gasteiger partial charge is 0.391 e. The molecule has 1 aromatic heterocycles. The Balaban J connectivity index is 1.07. The Morgan fingerprint density at radius 3 is 2.42 bits per heavy atom. The molecule has 3 heterocycles. The number of hydrogen-bond donors (Lipinski definition) is 5. The topological polar surface area (TPSA) is 153 Å². The van der Waals surface area contributed by atoms with Crippen LogP contribution in [0.5, 0.6) is 0 Å². The third-order valence-corrected chi connectivity index (χ3v) is 11.2. The molecule has 15 heteroatoms. The van der Waals surface area contributed by atoms with Crippen molar-refractivity contribution in [3.63, 3.8) is 0 Å². The van der Waals surface area contributed by atoms with Crippen molar-refractivity contribution in [1.29, 1.82) is 0 Å². The molecule has 1 fully saturated rings. The summed E-state index contributed by atoms with van der Waals surface area (Å²) in [4.78, 5) is 59.4. The molecule has 5 rings (SSSR count). The zero-order valence-electron chi connectivity index (χ0n) is 31.9. The highest BCUT2D eigenvalue weighted by Crippen LogP contribution is 2.36. The summed E-state index contributed by atoms with van der Waals surface area (Å²) >= 11 is 1.56. The lowest BCUT2D eigenvalue weighted by Gasteiger charge is -2.35. The molecule has 0 bridgehead atoms. The van der Waals surface area contributed by atoms with Gasteiger partial charge in [-0.1, -0.05) is 57.9 Å². The molecular formula is C40H51F3N6O5S. The maximum absolute atomic E-state index is 14.0. The lowest BCUT2D eigenvalue weighted by molar-refractivity contribution is -0.144. The van der Waals surface area contributed by atoms with E-state index in [1.165, 1.54) is 11.0 Å². The standard InChI is InChI=1S/C40H51F3N6O5S/c1-23(26-11-13-27(14-12-26)34-24(2)46-22-55-34)47-37(53)32-18-28(50)21-49(32)38(54)35(39(3,4)5)48-33(51)10-8-6-7-9-15-44-19-25-16-29-30(20-45-36(29)52)31(17-25)40(41,42)43/h11-14,16-17,22-23,28,32,35,44,50H,6-10,15,18-21H2,1-5H3,(H,45,52)(H,47,53)(H,48,51)/t23-,28+,32-,35?/m0/s1. The van der Waals surface area contributed by atoms with Gasteiger partial charge >= 0.3 is 6.18 Å². The summed E-state index contributed by atoms with van der Waals surface area (Å²) in [5, 5.41) is 22.1. The highest BCUT2D eigenvalue weighted by Gasteiger charge is 2.45. The number of aliphatic hydroxyl groups is 1. The van der Waals surface area contributed by atoms with Gasteiger partial charge in [-0.3, -0.25) is 19.2 Å². The Hall–Kier alpha value is -4.34. The number of aromatic nitrogens is 1. The molecule has 3 aromatic rings. The summed E-state index contributed by atoms with van der Waals surface area (Å²) in [7, 11) is 0. The van der Waals surface area contributed by atoms with Crippen LogP contribution in [0.15, 0.2) is 41.9 Å². The second kappa shape index (κ2) is 17.6. The van der Waals surface area contributed by atoms with E-state index in [9.17, 15) is 37.5 Å². The molecule has 1 saturated heterocycles. The molecule has 0 spiro atoms. The molecule has 4 atom stereocenters. The Morgan fingerprint density at radius 2 is 1.76 bits per heavy atom. The van der Waals surface area contributed by atoms with Crippen LogP contribution in [0.25, 0.3) is 10.4 Å². The van der Waals surface area contributed by atoms with E-state index in [1.807, 2.05) is 58.9 Å². The zero-order valence-corrected chi connectivity index (χ0v) is 32.8. The highest BCUT2D eigenvalue weighted by atomic mass is 32.1. The predicted octanol–water partition coefficient (Wildman–Crippen LogP) is 5.79. The van der Waals surface area contributed by atoms with Crippen molar-refractivity contribution in [2.45, 2.75) is 117 Å².